The molecule has 7 nitrogen and oxygen atoms in total. The van der Waals surface area contributed by atoms with E-state index in [9.17, 15) is 0 Å². The van der Waals surface area contributed by atoms with Crippen LogP contribution in [0.2, 0.25) is 0 Å². The van der Waals surface area contributed by atoms with Crippen LogP contribution in [0.5, 0.6) is 5.75 Å². The Bertz CT molecular complexity index is 548. The van der Waals surface area contributed by atoms with Crippen molar-refractivity contribution in [3.05, 3.63) is 24.5 Å². The normalized spacial score (nSPS) is 21.8. The molecule has 0 saturated carbocycles. The number of aliphatic imine (C=N–C) groups is 1. The van der Waals surface area contributed by atoms with Crippen LogP contribution in [0.4, 0.5) is 0 Å². The van der Waals surface area contributed by atoms with Gasteiger partial charge in [0.15, 0.2) is 5.96 Å². The van der Waals surface area contributed by atoms with Gasteiger partial charge in [-0.05, 0) is 31.4 Å². The van der Waals surface area contributed by atoms with E-state index in [0.717, 1.165) is 57.6 Å². The van der Waals surface area contributed by atoms with Crippen molar-refractivity contribution in [2.75, 3.05) is 65.6 Å². The third-order valence-electron chi connectivity index (χ3n) is 4.80. The minimum Gasteiger partial charge on any atom is -0.490 e. The highest BCUT2D eigenvalue weighted by atomic mass is 16.5. The van der Waals surface area contributed by atoms with E-state index in [1.165, 1.54) is 13.0 Å². The first kappa shape index (κ1) is 18.9. The van der Waals surface area contributed by atoms with Crippen LogP contribution in [-0.2, 0) is 4.74 Å². The lowest BCUT2D eigenvalue weighted by molar-refractivity contribution is 0.0315. The molecule has 0 spiro atoms. The molecule has 1 unspecified atom stereocenters. The molecule has 2 aliphatic heterocycles. The molecule has 144 valence electrons. The lowest BCUT2D eigenvalue weighted by Gasteiger charge is -2.29. The van der Waals surface area contributed by atoms with Gasteiger partial charge in [0.25, 0.3) is 0 Å². The number of aromatic nitrogens is 1. The molecule has 2 saturated heterocycles. The zero-order valence-corrected chi connectivity index (χ0v) is 15.8. The van der Waals surface area contributed by atoms with Crippen molar-refractivity contribution in [2.45, 2.75) is 13.3 Å². The van der Waals surface area contributed by atoms with E-state index in [1.54, 1.807) is 12.4 Å². The highest BCUT2D eigenvalue weighted by Gasteiger charge is 2.27. The van der Waals surface area contributed by atoms with Crippen LogP contribution >= 0.6 is 0 Å². The van der Waals surface area contributed by atoms with E-state index in [0.29, 0.717) is 19.1 Å². The van der Waals surface area contributed by atoms with Gasteiger partial charge in [0.1, 0.15) is 12.4 Å². The first-order valence-corrected chi connectivity index (χ1v) is 9.71. The molecular formula is C19H31N5O2. The summed E-state index contributed by atoms with van der Waals surface area (Å²) < 4.78 is 11.1. The Morgan fingerprint density at radius 2 is 2.27 bits per heavy atom. The average Bonchev–Trinajstić information content (AvgIpc) is 3.14. The van der Waals surface area contributed by atoms with Crippen LogP contribution in [0.3, 0.4) is 0 Å². The quantitative estimate of drug-likeness (QED) is 0.445. The first-order valence-electron chi connectivity index (χ1n) is 9.71. The fourth-order valence-electron chi connectivity index (χ4n) is 3.50. The van der Waals surface area contributed by atoms with Gasteiger partial charge in [-0.25, -0.2) is 4.99 Å². The highest BCUT2D eigenvalue weighted by Crippen LogP contribution is 2.18. The summed E-state index contributed by atoms with van der Waals surface area (Å²) in [6.45, 7) is 11.4. The van der Waals surface area contributed by atoms with Crippen molar-refractivity contribution in [3.63, 3.8) is 0 Å². The minimum absolute atomic E-state index is 0.561. The second kappa shape index (κ2) is 10.3. The molecular weight excluding hydrogens is 330 g/mol. The number of hydrogen-bond donors (Lipinski definition) is 1. The molecule has 3 rings (SSSR count). The molecule has 1 aromatic heterocycles. The van der Waals surface area contributed by atoms with Crippen LogP contribution in [-0.4, -0.2) is 86.4 Å². The SMILES string of the molecule is CCNC(=NCCOc1cccnc1)N1CCC(CN2CCOCC2)C1. The Morgan fingerprint density at radius 3 is 3.04 bits per heavy atom. The standard InChI is InChI=1S/C19H31N5O2/c1-2-21-19(22-7-11-26-18-4-3-6-20-14-18)24-8-5-17(16-24)15-23-9-12-25-13-10-23/h3-4,6,14,17H,2,5,7-13,15-16H2,1H3,(H,21,22). The van der Waals surface area contributed by atoms with Crippen LogP contribution in [0.25, 0.3) is 0 Å². The molecule has 3 heterocycles. The summed E-state index contributed by atoms with van der Waals surface area (Å²) in [4.78, 5) is 13.7. The number of morpholine rings is 1. The topological polar surface area (TPSA) is 62.2 Å². The number of guanidine groups is 1. The molecule has 26 heavy (non-hydrogen) atoms. The monoisotopic (exact) mass is 361 g/mol. The largest absolute Gasteiger partial charge is 0.490 e. The summed E-state index contributed by atoms with van der Waals surface area (Å²) in [5.41, 5.74) is 0. The van der Waals surface area contributed by atoms with Gasteiger partial charge in [0.05, 0.1) is 26.0 Å². The fourth-order valence-corrected chi connectivity index (χ4v) is 3.50. The van der Waals surface area contributed by atoms with Crippen LogP contribution in [0, 0.1) is 5.92 Å². The smallest absolute Gasteiger partial charge is 0.194 e. The van der Waals surface area contributed by atoms with Crippen molar-refractivity contribution in [2.24, 2.45) is 10.9 Å². The van der Waals surface area contributed by atoms with E-state index in [2.05, 4.69) is 27.0 Å². The first-order chi connectivity index (χ1) is 12.8. The summed E-state index contributed by atoms with van der Waals surface area (Å²) in [5, 5.41) is 3.42. The zero-order chi connectivity index (χ0) is 18.0. The Hall–Kier alpha value is -1.86. The molecule has 2 aliphatic rings. The third-order valence-corrected chi connectivity index (χ3v) is 4.80. The summed E-state index contributed by atoms with van der Waals surface area (Å²) in [5.74, 6) is 2.51. The maximum Gasteiger partial charge on any atom is 0.194 e. The molecule has 0 aromatic carbocycles. The summed E-state index contributed by atoms with van der Waals surface area (Å²) >= 11 is 0. The number of ether oxygens (including phenoxy) is 2. The van der Waals surface area contributed by atoms with Crippen molar-refractivity contribution in [1.82, 2.24) is 20.1 Å². The van der Waals surface area contributed by atoms with Gasteiger partial charge in [-0.1, -0.05) is 0 Å². The number of likely N-dealkylation sites (tertiary alicyclic amines) is 1. The van der Waals surface area contributed by atoms with Crippen LogP contribution < -0.4 is 10.1 Å². The minimum atomic E-state index is 0.561. The summed E-state index contributed by atoms with van der Waals surface area (Å²) in [7, 11) is 0. The lowest BCUT2D eigenvalue weighted by Crippen LogP contribution is -2.42. The second-order valence-corrected chi connectivity index (χ2v) is 6.79. The van der Waals surface area contributed by atoms with Crippen molar-refractivity contribution in [3.8, 4) is 5.75 Å². The van der Waals surface area contributed by atoms with Gasteiger partial charge in [-0.15, -0.1) is 0 Å². The number of nitrogens with one attached hydrogen (secondary N) is 1. The van der Waals surface area contributed by atoms with Crippen molar-refractivity contribution >= 4 is 5.96 Å². The molecule has 0 radical (unpaired) electrons. The predicted octanol–water partition coefficient (Wildman–Crippen LogP) is 1.08. The maximum atomic E-state index is 5.68. The predicted molar refractivity (Wildman–Crippen MR) is 103 cm³/mol. The van der Waals surface area contributed by atoms with Crippen molar-refractivity contribution < 1.29 is 9.47 Å². The molecule has 0 aliphatic carbocycles. The van der Waals surface area contributed by atoms with Gasteiger partial charge in [0, 0.05) is 45.5 Å². The number of pyridine rings is 1. The van der Waals surface area contributed by atoms with E-state index in [-0.39, 0.29) is 0 Å². The summed E-state index contributed by atoms with van der Waals surface area (Å²) in [6.07, 6.45) is 4.70. The molecule has 1 atom stereocenters. The second-order valence-electron chi connectivity index (χ2n) is 6.79. The van der Waals surface area contributed by atoms with E-state index in [1.807, 2.05) is 12.1 Å². The van der Waals surface area contributed by atoms with Gasteiger partial charge in [0.2, 0.25) is 0 Å². The Morgan fingerprint density at radius 1 is 1.38 bits per heavy atom. The van der Waals surface area contributed by atoms with Gasteiger partial charge < -0.3 is 19.7 Å². The van der Waals surface area contributed by atoms with Crippen LogP contribution in [0.15, 0.2) is 29.5 Å². The Balaban J connectivity index is 1.44. The lowest BCUT2D eigenvalue weighted by atomic mass is 10.1. The van der Waals surface area contributed by atoms with Crippen LogP contribution in [0.1, 0.15) is 13.3 Å². The van der Waals surface area contributed by atoms with Crippen molar-refractivity contribution in [1.29, 1.82) is 0 Å². The van der Waals surface area contributed by atoms with Gasteiger partial charge >= 0.3 is 0 Å². The van der Waals surface area contributed by atoms with E-state index >= 15 is 0 Å². The number of nitrogens with zero attached hydrogens (tertiary/aromatic N) is 4. The van der Waals surface area contributed by atoms with Gasteiger partial charge in [-0.2, -0.15) is 0 Å². The summed E-state index contributed by atoms with van der Waals surface area (Å²) in [6, 6.07) is 3.79. The maximum absolute atomic E-state index is 5.68. The molecule has 0 amide bonds. The zero-order valence-electron chi connectivity index (χ0n) is 15.8. The fraction of sp³-hybridized carbons (Fsp3) is 0.684. The van der Waals surface area contributed by atoms with Gasteiger partial charge in [-0.3, -0.25) is 9.88 Å². The Kier molecular flexibility index (Phi) is 7.51. The molecule has 1 aromatic rings. The Labute approximate surface area is 156 Å². The molecule has 7 heteroatoms. The molecule has 1 N–H and O–H groups in total. The molecule has 2 fully saturated rings. The highest BCUT2D eigenvalue weighted by molar-refractivity contribution is 5.80. The molecule has 0 bridgehead atoms. The number of hydrogen-bond acceptors (Lipinski definition) is 5. The number of rotatable bonds is 7. The van der Waals surface area contributed by atoms with E-state index in [4.69, 9.17) is 14.5 Å². The average molecular weight is 361 g/mol. The third kappa shape index (κ3) is 5.85. The van der Waals surface area contributed by atoms with E-state index < -0.39 is 0 Å².